The van der Waals surface area contributed by atoms with Crippen LogP contribution in [0.2, 0.25) is 0 Å². The summed E-state index contributed by atoms with van der Waals surface area (Å²) >= 11 is 0. The number of rotatable bonds is 0. The Hall–Kier alpha value is -2.18. The van der Waals surface area contributed by atoms with Gasteiger partial charge in [0.1, 0.15) is 6.07 Å². The van der Waals surface area contributed by atoms with Crippen LogP contribution in [0.1, 0.15) is 11.1 Å². The lowest BCUT2D eigenvalue weighted by Crippen LogP contribution is -2.21. The van der Waals surface area contributed by atoms with E-state index in [0.717, 1.165) is 5.56 Å². The van der Waals surface area contributed by atoms with Crippen LogP contribution in [0, 0.1) is 11.3 Å². The molecular weight excluding hydrogens is 200 g/mol. The summed E-state index contributed by atoms with van der Waals surface area (Å²) in [7, 11) is 0. The molecule has 1 aromatic carbocycles. The molecule has 1 N–H and O–H groups in total. The van der Waals surface area contributed by atoms with E-state index in [1.165, 1.54) is 0 Å². The molecule has 0 amide bonds. The highest BCUT2D eigenvalue weighted by Gasteiger charge is 2.42. The molecule has 3 heteroatoms. The van der Waals surface area contributed by atoms with Crippen molar-refractivity contribution >= 4 is 0 Å². The highest BCUT2D eigenvalue weighted by Crippen LogP contribution is 2.45. The van der Waals surface area contributed by atoms with Crippen LogP contribution in [0.15, 0.2) is 42.6 Å². The molecule has 1 aliphatic rings. The van der Waals surface area contributed by atoms with Crippen LogP contribution in [0.5, 0.6) is 0 Å². The van der Waals surface area contributed by atoms with Crippen LogP contribution in [-0.2, 0) is 5.60 Å². The van der Waals surface area contributed by atoms with Gasteiger partial charge in [-0.25, -0.2) is 0 Å². The SMILES string of the molecule is N#CC1(O)c2ccccc2-c2ncccc21. The van der Waals surface area contributed by atoms with Crippen molar-refractivity contribution in [2.45, 2.75) is 5.60 Å². The molecule has 76 valence electrons. The van der Waals surface area contributed by atoms with Gasteiger partial charge in [0.25, 0.3) is 0 Å². The van der Waals surface area contributed by atoms with Crippen molar-refractivity contribution in [3.05, 3.63) is 53.7 Å². The number of hydrogen-bond donors (Lipinski definition) is 1. The van der Waals surface area contributed by atoms with Crippen molar-refractivity contribution < 1.29 is 5.11 Å². The second-order valence-electron chi connectivity index (χ2n) is 3.77. The van der Waals surface area contributed by atoms with Gasteiger partial charge in [0.2, 0.25) is 5.60 Å². The predicted molar refractivity (Wildman–Crippen MR) is 58.3 cm³/mol. The number of fused-ring (bicyclic) bond motifs is 3. The molecule has 3 rings (SSSR count). The third-order valence-corrected chi connectivity index (χ3v) is 2.93. The molecule has 0 saturated carbocycles. The van der Waals surface area contributed by atoms with Gasteiger partial charge >= 0.3 is 0 Å². The van der Waals surface area contributed by atoms with E-state index in [9.17, 15) is 10.4 Å². The number of hydrogen-bond acceptors (Lipinski definition) is 3. The van der Waals surface area contributed by atoms with Gasteiger partial charge in [-0.3, -0.25) is 4.98 Å². The molecule has 0 saturated heterocycles. The molecule has 0 spiro atoms. The average Bonchev–Trinajstić information content (AvgIpc) is 2.62. The average molecular weight is 208 g/mol. The lowest BCUT2D eigenvalue weighted by atomic mass is 9.94. The van der Waals surface area contributed by atoms with Crippen molar-refractivity contribution in [2.75, 3.05) is 0 Å². The zero-order valence-electron chi connectivity index (χ0n) is 8.38. The van der Waals surface area contributed by atoms with Gasteiger partial charge in [0.05, 0.1) is 5.69 Å². The molecule has 0 aliphatic heterocycles. The molecule has 1 aromatic heterocycles. The quantitative estimate of drug-likeness (QED) is 0.672. The first-order valence-electron chi connectivity index (χ1n) is 4.96. The number of nitriles is 1. The Morgan fingerprint density at radius 1 is 1.12 bits per heavy atom. The van der Waals surface area contributed by atoms with E-state index in [1.54, 1.807) is 24.4 Å². The number of aliphatic hydroxyl groups is 1. The summed E-state index contributed by atoms with van der Waals surface area (Å²) in [4.78, 5) is 4.23. The summed E-state index contributed by atoms with van der Waals surface area (Å²) in [5.41, 5.74) is 1.16. The van der Waals surface area contributed by atoms with E-state index in [0.29, 0.717) is 16.8 Å². The molecule has 1 unspecified atom stereocenters. The number of nitrogens with zero attached hydrogens (tertiary/aromatic N) is 2. The zero-order chi connectivity index (χ0) is 11.2. The predicted octanol–water partition coefficient (Wildman–Crippen LogP) is 1.82. The first kappa shape index (κ1) is 9.08. The number of aromatic nitrogens is 1. The van der Waals surface area contributed by atoms with E-state index < -0.39 is 5.60 Å². The Bertz CT molecular complexity index is 568. The van der Waals surface area contributed by atoms with Crippen LogP contribution in [0.4, 0.5) is 0 Å². The molecule has 0 bridgehead atoms. The Morgan fingerprint density at radius 2 is 1.88 bits per heavy atom. The van der Waals surface area contributed by atoms with Gasteiger partial charge in [-0.05, 0) is 6.07 Å². The second kappa shape index (κ2) is 2.91. The lowest BCUT2D eigenvalue weighted by molar-refractivity contribution is 0.147. The minimum atomic E-state index is -1.56. The van der Waals surface area contributed by atoms with E-state index in [-0.39, 0.29) is 0 Å². The smallest absolute Gasteiger partial charge is 0.205 e. The van der Waals surface area contributed by atoms with E-state index in [1.807, 2.05) is 24.3 Å². The summed E-state index contributed by atoms with van der Waals surface area (Å²) in [6.45, 7) is 0. The molecule has 2 aromatic rings. The van der Waals surface area contributed by atoms with E-state index in [4.69, 9.17) is 0 Å². The molecule has 16 heavy (non-hydrogen) atoms. The van der Waals surface area contributed by atoms with Gasteiger partial charge in [-0.1, -0.05) is 30.3 Å². The van der Waals surface area contributed by atoms with Crippen LogP contribution in [0.3, 0.4) is 0 Å². The minimum absolute atomic E-state index is 0.568. The normalized spacial score (nSPS) is 21.0. The van der Waals surface area contributed by atoms with Crippen molar-refractivity contribution in [2.24, 2.45) is 0 Å². The highest BCUT2D eigenvalue weighted by atomic mass is 16.3. The summed E-state index contributed by atoms with van der Waals surface area (Å²) in [6, 6.07) is 12.8. The van der Waals surface area contributed by atoms with Gasteiger partial charge in [0, 0.05) is 22.9 Å². The lowest BCUT2D eigenvalue weighted by Gasteiger charge is -2.15. The van der Waals surface area contributed by atoms with Crippen LogP contribution >= 0.6 is 0 Å². The van der Waals surface area contributed by atoms with Crippen LogP contribution < -0.4 is 0 Å². The maximum Gasteiger partial charge on any atom is 0.205 e. The van der Waals surface area contributed by atoms with Gasteiger partial charge < -0.3 is 5.11 Å². The van der Waals surface area contributed by atoms with Crippen LogP contribution in [0.25, 0.3) is 11.3 Å². The fourth-order valence-corrected chi connectivity index (χ4v) is 2.18. The fourth-order valence-electron chi connectivity index (χ4n) is 2.18. The first-order valence-corrected chi connectivity index (χ1v) is 4.96. The van der Waals surface area contributed by atoms with Crippen molar-refractivity contribution in [3.8, 4) is 17.3 Å². The molecule has 1 atom stereocenters. The third kappa shape index (κ3) is 0.918. The Labute approximate surface area is 92.6 Å². The van der Waals surface area contributed by atoms with Gasteiger partial charge in [-0.15, -0.1) is 0 Å². The molecule has 1 aliphatic carbocycles. The fraction of sp³-hybridized carbons (Fsp3) is 0.0769. The summed E-state index contributed by atoms with van der Waals surface area (Å²) in [5.74, 6) is 0. The van der Waals surface area contributed by atoms with Crippen molar-refractivity contribution in [1.82, 2.24) is 4.98 Å². The molecule has 0 radical (unpaired) electrons. The summed E-state index contributed by atoms with van der Waals surface area (Å²) in [6.07, 6.45) is 1.67. The van der Waals surface area contributed by atoms with Crippen molar-refractivity contribution in [1.29, 1.82) is 5.26 Å². The van der Waals surface area contributed by atoms with Gasteiger partial charge in [-0.2, -0.15) is 5.26 Å². The zero-order valence-corrected chi connectivity index (χ0v) is 8.38. The summed E-state index contributed by atoms with van der Waals surface area (Å²) in [5, 5.41) is 19.6. The largest absolute Gasteiger partial charge is 0.368 e. The maximum atomic E-state index is 10.4. The first-order chi connectivity index (χ1) is 7.77. The van der Waals surface area contributed by atoms with E-state index in [2.05, 4.69) is 4.98 Å². The Kier molecular flexibility index (Phi) is 1.65. The standard InChI is InChI=1S/C13H8N2O/c14-8-13(16)10-5-2-1-4-9(10)12-11(13)6-3-7-15-12/h1-7,16H. The maximum absolute atomic E-state index is 10.4. The highest BCUT2D eigenvalue weighted by molar-refractivity contribution is 5.78. The molecule has 3 nitrogen and oxygen atoms in total. The number of pyridine rings is 1. The van der Waals surface area contributed by atoms with Gasteiger partial charge in [0.15, 0.2) is 0 Å². The van der Waals surface area contributed by atoms with Crippen LogP contribution in [-0.4, -0.2) is 10.1 Å². The second-order valence-corrected chi connectivity index (χ2v) is 3.77. The van der Waals surface area contributed by atoms with E-state index >= 15 is 0 Å². The minimum Gasteiger partial charge on any atom is -0.368 e. The molecular formula is C13H8N2O. The molecule has 0 fully saturated rings. The summed E-state index contributed by atoms with van der Waals surface area (Å²) < 4.78 is 0. The number of benzene rings is 1. The topological polar surface area (TPSA) is 56.9 Å². The third-order valence-electron chi connectivity index (χ3n) is 2.93. The monoisotopic (exact) mass is 208 g/mol. The Balaban J connectivity index is 2.45. The van der Waals surface area contributed by atoms with Crippen molar-refractivity contribution in [3.63, 3.8) is 0 Å². The Morgan fingerprint density at radius 3 is 2.69 bits per heavy atom. The molecule has 1 heterocycles.